The van der Waals surface area contributed by atoms with Crippen LogP contribution in [0.1, 0.15) is 39.7 Å². The SMILES string of the molecule is CCOC(=O)C(C)(C)[C@](O)(CC)c1ccccc1. The lowest BCUT2D eigenvalue weighted by molar-refractivity contribution is -0.173. The molecule has 0 aliphatic rings. The van der Waals surface area contributed by atoms with E-state index in [-0.39, 0.29) is 5.97 Å². The van der Waals surface area contributed by atoms with E-state index in [4.69, 9.17) is 4.74 Å². The molecule has 0 aliphatic carbocycles. The maximum atomic E-state index is 12.1. The van der Waals surface area contributed by atoms with Gasteiger partial charge in [-0.05, 0) is 32.8 Å². The third-order valence-corrected chi connectivity index (χ3v) is 3.58. The van der Waals surface area contributed by atoms with Crippen molar-refractivity contribution >= 4 is 5.97 Å². The number of aliphatic hydroxyl groups is 1. The molecule has 18 heavy (non-hydrogen) atoms. The molecule has 0 radical (unpaired) electrons. The summed E-state index contributed by atoms with van der Waals surface area (Å²) in [6, 6.07) is 9.28. The average Bonchev–Trinajstić information content (AvgIpc) is 2.38. The van der Waals surface area contributed by atoms with Crippen molar-refractivity contribution in [1.29, 1.82) is 0 Å². The molecule has 0 amide bonds. The smallest absolute Gasteiger partial charge is 0.314 e. The van der Waals surface area contributed by atoms with Crippen molar-refractivity contribution in [2.75, 3.05) is 6.61 Å². The molecule has 0 saturated heterocycles. The summed E-state index contributed by atoms with van der Waals surface area (Å²) in [5.41, 5.74) is -1.47. The zero-order chi connectivity index (χ0) is 13.8. The topological polar surface area (TPSA) is 46.5 Å². The van der Waals surface area contributed by atoms with Gasteiger partial charge in [0.05, 0.1) is 12.0 Å². The van der Waals surface area contributed by atoms with Gasteiger partial charge in [-0.2, -0.15) is 0 Å². The average molecular weight is 250 g/mol. The van der Waals surface area contributed by atoms with E-state index >= 15 is 0 Å². The fraction of sp³-hybridized carbons (Fsp3) is 0.533. The lowest BCUT2D eigenvalue weighted by atomic mass is 9.69. The molecule has 0 fully saturated rings. The minimum Gasteiger partial charge on any atom is -0.465 e. The molecular formula is C15H22O3. The molecule has 3 nitrogen and oxygen atoms in total. The molecule has 1 aromatic carbocycles. The van der Waals surface area contributed by atoms with Crippen LogP contribution in [0.15, 0.2) is 30.3 Å². The standard InChI is InChI=1S/C15H22O3/c1-5-15(17,12-10-8-7-9-11-12)14(3,4)13(16)18-6-2/h7-11,17H,5-6H2,1-4H3/t15-/m0/s1. The van der Waals surface area contributed by atoms with Crippen molar-refractivity contribution in [2.45, 2.75) is 39.7 Å². The van der Waals surface area contributed by atoms with Gasteiger partial charge in [-0.15, -0.1) is 0 Å². The third kappa shape index (κ3) is 2.41. The second kappa shape index (κ2) is 5.53. The molecule has 0 unspecified atom stereocenters. The van der Waals surface area contributed by atoms with Crippen LogP contribution in [0.25, 0.3) is 0 Å². The van der Waals surface area contributed by atoms with Gasteiger partial charge in [-0.1, -0.05) is 37.3 Å². The first-order chi connectivity index (χ1) is 8.40. The fourth-order valence-electron chi connectivity index (χ4n) is 2.20. The molecule has 3 heteroatoms. The van der Waals surface area contributed by atoms with Crippen LogP contribution in [0, 0.1) is 5.41 Å². The summed E-state index contributed by atoms with van der Waals surface area (Å²) in [6.07, 6.45) is 0.447. The van der Waals surface area contributed by atoms with Crippen LogP contribution in [0.4, 0.5) is 0 Å². The van der Waals surface area contributed by atoms with Gasteiger partial charge in [0, 0.05) is 0 Å². The normalized spacial score (nSPS) is 14.9. The van der Waals surface area contributed by atoms with Crippen LogP contribution >= 0.6 is 0 Å². The van der Waals surface area contributed by atoms with E-state index in [1.54, 1.807) is 20.8 Å². The number of carbonyl (C=O) groups excluding carboxylic acids is 1. The number of hydrogen-bond acceptors (Lipinski definition) is 3. The summed E-state index contributed by atoms with van der Waals surface area (Å²) >= 11 is 0. The molecule has 0 heterocycles. The lowest BCUT2D eigenvalue weighted by Crippen LogP contribution is -2.47. The Labute approximate surface area is 109 Å². The Balaban J connectivity index is 3.19. The monoisotopic (exact) mass is 250 g/mol. The maximum absolute atomic E-state index is 12.1. The largest absolute Gasteiger partial charge is 0.465 e. The highest BCUT2D eigenvalue weighted by Crippen LogP contribution is 2.43. The van der Waals surface area contributed by atoms with Crippen LogP contribution in [0.3, 0.4) is 0 Å². The minimum absolute atomic E-state index is 0.316. The Morgan fingerprint density at radius 1 is 1.22 bits per heavy atom. The quantitative estimate of drug-likeness (QED) is 0.817. The summed E-state index contributed by atoms with van der Waals surface area (Å²) in [6.45, 7) is 7.40. The van der Waals surface area contributed by atoms with Crippen LogP contribution in [0.5, 0.6) is 0 Å². The Kier molecular flexibility index (Phi) is 4.52. The first kappa shape index (κ1) is 14.7. The second-order valence-electron chi connectivity index (χ2n) is 4.93. The molecule has 0 bridgehead atoms. The summed E-state index contributed by atoms with van der Waals surface area (Å²) in [5, 5.41) is 10.9. The van der Waals surface area contributed by atoms with Crippen molar-refractivity contribution in [3.63, 3.8) is 0 Å². The summed E-state index contributed by atoms with van der Waals surface area (Å²) < 4.78 is 5.08. The maximum Gasteiger partial charge on any atom is 0.314 e. The van der Waals surface area contributed by atoms with Crippen molar-refractivity contribution in [3.8, 4) is 0 Å². The van der Waals surface area contributed by atoms with Gasteiger partial charge in [0.15, 0.2) is 0 Å². The number of ether oxygens (including phenoxy) is 1. The first-order valence-corrected chi connectivity index (χ1v) is 6.35. The summed E-state index contributed by atoms with van der Waals surface area (Å²) in [5.74, 6) is -0.377. The summed E-state index contributed by atoms with van der Waals surface area (Å²) in [4.78, 5) is 12.1. The molecule has 0 saturated carbocycles. The summed E-state index contributed by atoms with van der Waals surface area (Å²) in [7, 11) is 0. The molecule has 1 rings (SSSR count). The number of hydrogen-bond donors (Lipinski definition) is 1. The zero-order valence-corrected chi connectivity index (χ0v) is 11.6. The fourth-order valence-corrected chi connectivity index (χ4v) is 2.20. The van der Waals surface area contributed by atoms with Crippen molar-refractivity contribution in [3.05, 3.63) is 35.9 Å². The van der Waals surface area contributed by atoms with Gasteiger partial charge in [0.1, 0.15) is 5.60 Å². The molecule has 1 atom stereocenters. The van der Waals surface area contributed by atoms with E-state index < -0.39 is 11.0 Å². The Morgan fingerprint density at radius 2 is 1.78 bits per heavy atom. The van der Waals surface area contributed by atoms with Crippen molar-refractivity contribution in [1.82, 2.24) is 0 Å². The van der Waals surface area contributed by atoms with Gasteiger partial charge in [-0.25, -0.2) is 0 Å². The molecule has 0 aromatic heterocycles. The first-order valence-electron chi connectivity index (χ1n) is 6.35. The van der Waals surface area contributed by atoms with Gasteiger partial charge in [0.25, 0.3) is 0 Å². The van der Waals surface area contributed by atoms with Gasteiger partial charge >= 0.3 is 5.97 Å². The Bertz CT molecular complexity index is 397. The Hall–Kier alpha value is -1.35. The molecule has 1 aromatic rings. The second-order valence-corrected chi connectivity index (χ2v) is 4.93. The molecule has 0 spiro atoms. The van der Waals surface area contributed by atoms with E-state index in [0.29, 0.717) is 13.0 Å². The van der Waals surface area contributed by atoms with Gasteiger partial charge in [0.2, 0.25) is 0 Å². The zero-order valence-electron chi connectivity index (χ0n) is 11.6. The van der Waals surface area contributed by atoms with E-state index in [1.807, 2.05) is 37.3 Å². The molecular weight excluding hydrogens is 228 g/mol. The highest BCUT2D eigenvalue weighted by molar-refractivity contribution is 5.78. The predicted molar refractivity (Wildman–Crippen MR) is 71.0 cm³/mol. The van der Waals surface area contributed by atoms with E-state index in [9.17, 15) is 9.90 Å². The van der Waals surface area contributed by atoms with Crippen LogP contribution in [-0.2, 0) is 15.1 Å². The number of esters is 1. The molecule has 100 valence electrons. The van der Waals surface area contributed by atoms with Crippen LogP contribution in [0.2, 0.25) is 0 Å². The van der Waals surface area contributed by atoms with Crippen molar-refractivity contribution < 1.29 is 14.6 Å². The molecule has 0 aliphatic heterocycles. The van der Waals surface area contributed by atoms with E-state index in [2.05, 4.69) is 0 Å². The predicted octanol–water partition coefficient (Wildman–Crippen LogP) is 2.87. The van der Waals surface area contributed by atoms with Gasteiger partial charge in [-0.3, -0.25) is 4.79 Å². The van der Waals surface area contributed by atoms with E-state index in [1.165, 1.54) is 0 Å². The van der Waals surface area contributed by atoms with Crippen LogP contribution < -0.4 is 0 Å². The third-order valence-electron chi connectivity index (χ3n) is 3.58. The van der Waals surface area contributed by atoms with Crippen LogP contribution in [-0.4, -0.2) is 17.7 Å². The highest BCUT2D eigenvalue weighted by atomic mass is 16.5. The van der Waals surface area contributed by atoms with Crippen molar-refractivity contribution in [2.24, 2.45) is 5.41 Å². The minimum atomic E-state index is -1.22. The number of benzene rings is 1. The van der Waals surface area contributed by atoms with E-state index in [0.717, 1.165) is 5.56 Å². The Morgan fingerprint density at radius 3 is 2.22 bits per heavy atom. The number of carbonyl (C=O) groups is 1. The lowest BCUT2D eigenvalue weighted by Gasteiger charge is -2.40. The number of rotatable bonds is 5. The molecule has 1 N–H and O–H groups in total. The van der Waals surface area contributed by atoms with Gasteiger partial charge < -0.3 is 9.84 Å². The highest BCUT2D eigenvalue weighted by Gasteiger charge is 2.49.